The van der Waals surface area contributed by atoms with E-state index in [9.17, 15) is 8.78 Å². The van der Waals surface area contributed by atoms with Crippen molar-refractivity contribution in [2.45, 2.75) is 0 Å². The van der Waals surface area contributed by atoms with Crippen molar-refractivity contribution in [3.05, 3.63) is 53.6 Å². The van der Waals surface area contributed by atoms with Gasteiger partial charge in [0, 0.05) is 17.4 Å². The predicted molar refractivity (Wildman–Crippen MR) is 67.3 cm³/mol. The zero-order valence-electron chi connectivity index (χ0n) is 10.1. The number of nitrogens with one attached hydrogen (secondary N) is 1. The number of nitrogens with zero attached hydrogens (tertiary/aromatic N) is 1. The lowest BCUT2D eigenvalue weighted by Gasteiger charge is -2.08. The third kappa shape index (κ3) is 2.99. The highest BCUT2D eigenvalue weighted by molar-refractivity contribution is 5.62. The van der Waals surface area contributed by atoms with E-state index in [1.807, 2.05) is 6.07 Å². The van der Waals surface area contributed by atoms with Crippen LogP contribution in [0, 0.1) is 23.0 Å². The molecule has 0 spiro atoms. The molecule has 0 unspecified atom stereocenters. The van der Waals surface area contributed by atoms with Gasteiger partial charge in [0.05, 0.1) is 18.7 Å². The van der Waals surface area contributed by atoms with Crippen molar-refractivity contribution in [1.82, 2.24) is 0 Å². The molecule has 0 aromatic heterocycles. The van der Waals surface area contributed by atoms with Crippen molar-refractivity contribution in [3.8, 4) is 11.8 Å². The first-order chi connectivity index (χ1) is 9.12. The highest BCUT2D eigenvalue weighted by Gasteiger charge is 2.05. The Labute approximate surface area is 109 Å². The first kappa shape index (κ1) is 12.8. The Bertz CT molecular complexity index is 650. The Morgan fingerprint density at radius 1 is 1.11 bits per heavy atom. The first-order valence-corrected chi connectivity index (χ1v) is 5.43. The van der Waals surface area contributed by atoms with Crippen molar-refractivity contribution in [2.24, 2.45) is 0 Å². The van der Waals surface area contributed by atoms with Gasteiger partial charge in [-0.25, -0.2) is 8.78 Å². The monoisotopic (exact) mass is 260 g/mol. The van der Waals surface area contributed by atoms with Crippen LogP contribution in [-0.2, 0) is 0 Å². The topological polar surface area (TPSA) is 45.0 Å². The quantitative estimate of drug-likeness (QED) is 0.917. The summed E-state index contributed by atoms with van der Waals surface area (Å²) < 4.78 is 31.5. The highest BCUT2D eigenvalue weighted by Crippen LogP contribution is 2.24. The summed E-state index contributed by atoms with van der Waals surface area (Å²) in [5, 5.41) is 11.6. The molecule has 0 aliphatic rings. The van der Waals surface area contributed by atoms with Crippen molar-refractivity contribution < 1.29 is 13.5 Å². The summed E-state index contributed by atoms with van der Waals surface area (Å²) in [6.45, 7) is 0. The summed E-state index contributed by atoms with van der Waals surface area (Å²) in [5.74, 6) is -0.928. The Morgan fingerprint density at radius 3 is 2.53 bits per heavy atom. The molecule has 0 amide bonds. The standard InChI is InChI=1S/C14H10F2N2O/c1-19-14-3-2-11(7-13(14)16)18-12-5-9(8-17)4-10(15)6-12/h2-7,18H,1H3. The Morgan fingerprint density at radius 2 is 1.89 bits per heavy atom. The van der Waals surface area contributed by atoms with Crippen LogP contribution < -0.4 is 10.1 Å². The van der Waals surface area contributed by atoms with Gasteiger partial charge < -0.3 is 10.1 Å². The van der Waals surface area contributed by atoms with E-state index < -0.39 is 11.6 Å². The first-order valence-electron chi connectivity index (χ1n) is 5.43. The molecule has 0 aliphatic carbocycles. The molecular formula is C14H10F2N2O. The zero-order valence-corrected chi connectivity index (χ0v) is 10.1. The van der Waals surface area contributed by atoms with E-state index in [4.69, 9.17) is 10.00 Å². The molecule has 2 rings (SSSR count). The molecule has 2 aromatic carbocycles. The van der Waals surface area contributed by atoms with Crippen molar-refractivity contribution >= 4 is 11.4 Å². The lowest BCUT2D eigenvalue weighted by atomic mass is 10.2. The fourth-order valence-corrected chi connectivity index (χ4v) is 1.64. The second kappa shape index (κ2) is 5.36. The van der Waals surface area contributed by atoms with Gasteiger partial charge in [-0.15, -0.1) is 0 Å². The van der Waals surface area contributed by atoms with Crippen LogP contribution in [0.4, 0.5) is 20.2 Å². The lowest BCUT2D eigenvalue weighted by Crippen LogP contribution is -1.94. The van der Waals surface area contributed by atoms with Gasteiger partial charge in [-0.2, -0.15) is 5.26 Å². The SMILES string of the molecule is COc1ccc(Nc2cc(F)cc(C#N)c2)cc1F. The number of rotatable bonds is 3. The Hall–Kier alpha value is -2.61. The summed E-state index contributed by atoms with van der Waals surface area (Å²) in [5.41, 5.74) is 1.00. The van der Waals surface area contributed by atoms with Crippen LogP contribution in [0.15, 0.2) is 36.4 Å². The maximum Gasteiger partial charge on any atom is 0.167 e. The number of hydrogen-bond acceptors (Lipinski definition) is 3. The van der Waals surface area contributed by atoms with E-state index in [1.54, 1.807) is 6.07 Å². The molecule has 5 heteroatoms. The molecular weight excluding hydrogens is 250 g/mol. The second-order valence-corrected chi connectivity index (χ2v) is 3.81. The molecule has 19 heavy (non-hydrogen) atoms. The van der Waals surface area contributed by atoms with Gasteiger partial charge in [-0.3, -0.25) is 0 Å². The minimum atomic E-state index is -0.532. The van der Waals surface area contributed by atoms with Gasteiger partial charge in [0.2, 0.25) is 0 Å². The number of ether oxygens (including phenoxy) is 1. The van der Waals surface area contributed by atoms with Crippen LogP contribution >= 0.6 is 0 Å². The van der Waals surface area contributed by atoms with E-state index in [-0.39, 0.29) is 11.3 Å². The molecule has 0 saturated carbocycles. The summed E-state index contributed by atoms with van der Waals surface area (Å²) >= 11 is 0. The lowest BCUT2D eigenvalue weighted by molar-refractivity contribution is 0.386. The van der Waals surface area contributed by atoms with Gasteiger partial charge in [0.25, 0.3) is 0 Å². The molecule has 3 nitrogen and oxygen atoms in total. The van der Waals surface area contributed by atoms with Crippen molar-refractivity contribution in [2.75, 3.05) is 12.4 Å². The number of nitriles is 1. The van der Waals surface area contributed by atoms with Gasteiger partial charge in [0.15, 0.2) is 11.6 Å². The van der Waals surface area contributed by atoms with Crippen LogP contribution in [0.5, 0.6) is 5.75 Å². The Balaban J connectivity index is 2.29. The number of benzene rings is 2. The predicted octanol–water partition coefficient (Wildman–Crippen LogP) is 3.59. The maximum absolute atomic E-state index is 13.5. The number of anilines is 2. The molecule has 0 heterocycles. The number of hydrogen-bond donors (Lipinski definition) is 1. The minimum Gasteiger partial charge on any atom is -0.494 e. The van der Waals surface area contributed by atoms with Crippen molar-refractivity contribution in [1.29, 1.82) is 5.26 Å². The van der Waals surface area contributed by atoms with Gasteiger partial charge in [-0.05, 0) is 30.3 Å². The van der Waals surface area contributed by atoms with Crippen LogP contribution in [0.1, 0.15) is 5.56 Å². The Kier molecular flexibility index (Phi) is 3.62. The van der Waals surface area contributed by atoms with Crippen LogP contribution in [0.2, 0.25) is 0 Å². The molecule has 0 saturated heterocycles. The normalized spacial score (nSPS) is 9.79. The van der Waals surface area contributed by atoms with Crippen LogP contribution in [0.3, 0.4) is 0 Å². The fraction of sp³-hybridized carbons (Fsp3) is 0.0714. The van der Waals surface area contributed by atoms with Gasteiger partial charge >= 0.3 is 0 Å². The van der Waals surface area contributed by atoms with E-state index in [2.05, 4.69) is 5.32 Å². The summed E-state index contributed by atoms with van der Waals surface area (Å²) in [6.07, 6.45) is 0. The van der Waals surface area contributed by atoms with Gasteiger partial charge in [-0.1, -0.05) is 0 Å². The number of halogens is 2. The second-order valence-electron chi connectivity index (χ2n) is 3.81. The summed E-state index contributed by atoms with van der Waals surface area (Å²) in [7, 11) is 1.37. The molecule has 0 atom stereocenters. The highest BCUT2D eigenvalue weighted by atomic mass is 19.1. The maximum atomic E-state index is 13.5. The molecule has 0 fully saturated rings. The third-order valence-electron chi connectivity index (χ3n) is 2.47. The van der Waals surface area contributed by atoms with E-state index in [1.165, 1.54) is 31.4 Å². The number of methoxy groups -OCH3 is 1. The molecule has 0 radical (unpaired) electrons. The van der Waals surface area contributed by atoms with E-state index in [0.29, 0.717) is 11.4 Å². The van der Waals surface area contributed by atoms with Crippen LogP contribution in [-0.4, -0.2) is 7.11 Å². The van der Waals surface area contributed by atoms with Crippen molar-refractivity contribution in [3.63, 3.8) is 0 Å². The summed E-state index contributed by atoms with van der Waals surface area (Å²) in [6, 6.07) is 9.97. The smallest absolute Gasteiger partial charge is 0.167 e. The van der Waals surface area contributed by atoms with E-state index in [0.717, 1.165) is 6.07 Å². The molecule has 0 aliphatic heterocycles. The largest absolute Gasteiger partial charge is 0.494 e. The average Bonchev–Trinajstić information content (AvgIpc) is 2.38. The van der Waals surface area contributed by atoms with E-state index >= 15 is 0 Å². The molecule has 96 valence electrons. The molecule has 2 aromatic rings. The zero-order chi connectivity index (χ0) is 13.8. The molecule has 0 bridgehead atoms. The third-order valence-corrected chi connectivity index (χ3v) is 2.47. The van der Waals surface area contributed by atoms with Crippen LogP contribution in [0.25, 0.3) is 0 Å². The average molecular weight is 260 g/mol. The fourth-order valence-electron chi connectivity index (χ4n) is 1.64. The van der Waals surface area contributed by atoms with Gasteiger partial charge in [0.1, 0.15) is 5.82 Å². The summed E-state index contributed by atoms with van der Waals surface area (Å²) in [4.78, 5) is 0. The minimum absolute atomic E-state index is 0.127. The molecule has 1 N–H and O–H groups in total.